The lowest BCUT2D eigenvalue weighted by Gasteiger charge is -2.31. The number of benzene rings is 1. The average Bonchev–Trinajstić information content (AvgIpc) is 3.59. The fraction of sp³-hybridized carbons (Fsp3) is 0.438. The Balaban J connectivity index is 1.36. The molecule has 0 spiro atoms. The molecule has 13 heteroatoms. The van der Waals surface area contributed by atoms with Crippen LogP contribution in [0.25, 0.3) is 22.3 Å². The van der Waals surface area contributed by atoms with Crippen molar-refractivity contribution >= 4 is 22.8 Å². The standard InChI is InChI=1S/C32H35N5O8/c1-3-32(42)22-12-25-28-20(13-36(25)30(40)21(22)15-45-31(32)41)19(18-11-17(43-2)9-10-23(18)33-28)14-37-24-7-5-4-6-8-26(29(24)34-35-37)44-16-27(38)39/h9-12,26,34-35,42H,3-8,13-16H2,1-2H3,(H,38,39)/t26?,32-/m0/s1. The summed E-state index contributed by atoms with van der Waals surface area (Å²) in [6.07, 6.45) is 4.07. The molecule has 1 unspecified atom stereocenters. The molecule has 4 N–H and O–H groups in total. The molecular formula is C32H35N5O8. The number of methoxy groups -OCH3 is 1. The topological polar surface area (TPSA) is 164 Å². The molecule has 4 aliphatic rings. The molecule has 236 valence electrons. The Bertz CT molecular complexity index is 1830. The predicted octanol–water partition coefficient (Wildman–Crippen LogP) is 2.56. The van der Waals surface area contributed by atoms with E-state index in [4.69, 9.17) is 19.2 Å². The summed E-state index contributed by atoms with van der Waals surface area (Å²) >= 11 is 0. The smallest absolute Gasteiger partial charge is 0.343 e. The fourth-order valence-corrected chi connectivity index (χ4v) is 6.97. The minimum Gasteiger partial charge on any atom is -0.497 e. The van der Waals surface area contributed by atoms with Crippen molar-refractivity contribution in [3.8, 4) is 17.1 Å². The molecule has 0 bridgehead atoms. The highest BCUT2D eigenvalue weighted by Gasteiger charge is 2.45. The van der Waals surface area contributed by atoms with Crippen molar-refractivity contribution < 1.29 is 34.0 Å². The summed E-state index contributed by atoms with van der Waals surface area (Å²) in [5.74, 6) is -1.11. The lowest BCUT2D eigenvalue weighted by Crippen LogP contribution is -2.44. The number of carboxylic acids is 1. The van der Waals surface area contributed by atoms with Crippen LogP contribution in [0.1, 0.15) is 67.7 Å². The number of aliphatic carboxylic acids is 1. The van der Waals surface area contributed by atoms with E-state index in [0.717, 1.165) is 53.6 Å². The summed E-state index contributed by atoms with van der Waals surface area (Å²) < 4.78 is 18.2. The zero-order chi connectivity index (χ0) is 31.5. The summed E-state index contributed by atoms with van der Waals surface area (Å²) in [7, 11) is 1.61. The molecule has 3 aromatic rings. The van der Waals surface area contributed by atoms with Crippen molar-refractivity contribution in [2.24, 2.45) is 0 Å². The van der Waals surface area contributed by atoms with E-state index in [-0.39, 0.29) is 49.0 Å². The number of hydrazine groups is 2. The number of fused-ring (bicyclic) bond motifs is 5. The van der Waals surface area contributed by atoms with Crippen molar-refractivity contribution in [1.82, 2.24) is 25.5 Å². The molecule has 2 atom stereocenters. The maximum absolute atomic E-state index is 13.9. The molecule has 3 aliphatic heterocycles. The molecular weight excluding hydrogens is 582 g/mol. The van der Waals surface area contributed by atoms with Crippen LogP contribution in [0.2, 0.25) is 0 Å². The van der Waals surface area contributed by atoms with Gasteiger partial charge >= 0.3 is 11.9 Å². The minimum absolute atomic E-state index is 0.0625. The normalized spacial score (nSPS) is 22.2. The second-order valence-electron chi connectivity index (χ2n) is 11.9. The maximum atomic E-state index is 13.9. The first kappa shape index (κ1) is 29.3. The lowest BCUT2D eigenvalue weighted by molar-refractivity contribution is -0.172. The highest BCUT2D eigenvalue weighted by atomic mass is 16.6. The Morgan fingerprint density at radius 1 is 1.20 bits per heavy atom. The summed E-state index contributed by atoms with van der Waals surface area (Å²) in [5.41, 5.74) is 10.3. The van der Waals surface area contributed by atoms with Gasteiger partial charge in [0.15, 0.2) is 5.60 Å². The average molecular weight is 618 g/mol. The van der Waals surface area contributed by atoms with Crippen molar-refractivity contribution in [3.63, 3.8) is 0 Å². The third-order valence-electron chi connectivity index (χ3n) is 9.40. The molecule has 0 saturated carbocycles. The number of ether oxygens (including phenoxy) is 3. The number of hydrogen-bond acceptors (Lipinski definition) is 11. The van der Waals surface area contributed by atoms with E-state index in [0.29, 0.717) is 35.6 Å². The van der Waals surface area contributed by atoms with E-state index in [1.807, 2.05) is 23.2 Å². The Hall–Kier alpha value is -4.46. The van der Waals surface area contributed by atoms with Crippen LogP contribution in [-0.4, -0.2) is 56.5 Å². The quantitative estimate of drug-likeness (QED) is 0.224. The fourth-order valence-electron chi connectivity index (χ4n) is 6.97. The number of allylic oxidation sites excluding steroid dienone is 1. The number of rotatable bonds is 7. The number of cyclic esters (lactones) is 1. The van der Waals surface area contributed by atoms with E-state index in [2.05, 4.69) is 11.0 Å². The van der Waals surface area contributed by atoms with Crippen LogP contribution in [0.15, 0.2) is 40.5 Å². The first-order valence-corrected chi connectivity index (χ1v) is 15.3. The monoisotopic (exact) mass is 617 g/mol. The molecule has 2 aromatic heterocycles. The molecule has 13 nitrogen and oxygen atoms in total. The number of carbonyl (C=O) groups is 2. The summed E-state index contributed by atoms with van der Waals surface area (Å²) in [6, 6.07) is 7.37. The summed E-state index contributed by atoms with van der Waals surface area (Å²) in [5, 5.41) is 23.4. The third kappa shape index (κ3) is 4.73. The van der Waals surface area contributed by atoms with Crippen LogP contribution >= 0.6 is 0 Å². The molecule has 1 aromatic carbocycles. The maximum Gasteiger partial charge on any atom is 0.343 e. The number of pyridine rings is 2. The molecule has 0 fully saturated rings. The van der Waals surface area contributed by atoms with E-state index in [9.17, 15) is 24.6 Å². The number of hydrogen-bond donors (Lipinski definition) is 4. The first-order chi connectivity index (χ1) is 21.7. The minimum atomic E-state index is -1.91. The summed E-state index contributed by atoms with van der Waals surface area (Å²) in [4.78, 5) is 42.8. The van der Waals surface area contributed by atoms with Crippen LogP contribution in [0.3, 0.4) is 0 Å². The van der Waals surface area contributed by atoms with Gasteiger partial charge in [0.2, 0.25) is 0 Å². The number of nitrogens with one attached hydrogen (secondary N) is 2. The van der Waals surface area contributed by atoms with Gasteiger partial charge in [-0.3, -0.25) is 9.80 Å². The Morgan fingerprint density at radius 2 is 2.04 bits per heavy atom. The van der Waals surface area contributed by atoms with Crippen LogP contribution in [0.4, 0.5) is 0 Å². The number of aromatic nitrogens is 2. The second kappa shape index (κ2) is 11.2. The summed E-state index contributed by atoms with van der Waals surface area (Å²) in [6.45, 7) is 1.75. The van der Waals surface area contributed by atoms with E-state index in [1.54, 1.807) is 24.7 Å². The van der Waals surface area contributed by atoms with Gasteiger partial charge in [0.05, 0.1) is 54.1 Å². The van der Waals surface area contributed by atoms with E-state index in [1.165, 1.54) is 0 Å². The first-order valence-electron chi connectivity index (χ1n) is 15.3. The lowest BCUT2D eigenvalue weighted by atomic mass is 9.86. The Kier molecular flexibility index (Phi) is 7.26. The Morgan fingerprint density at radius 3 is 2.82 bits per heavy atom. The van der Waals surface area contributed by atoms with Crippen molar-refractivity contribution in [1.29, 1.82) is 0 Å². The van der Waals surface area contributed by atoms with Crippen LogP contribution in [-0.2, 0) is 44.4 Å². The van der Waals surface area contributed by atoms with Gasteiger partial charge in [-0.1, -0.05) is 19.8 Å². The van der Waals surface area contributed by atoms with Crippen molar-refractivity contribution in [3.05, 3.63) is 68.3 Å². The molecule has 1 aliphatic carbocycles. The van der Waals surface area contributed by atoms with Gasteiger partial charge in [-0.05, 0) is 55.5 Å². The van der Waals surface area contributed by atoms with Gasteiger partial charge in [-0.2, -0.15) is 0 Å². The zero-order valence-electron chi connectivity index (χ0n) is 25.1. The number of carbonyl (C=O) groups excluding carboxylic acids is 1. The highest BCUT2D eigenvalue weighted by molar-refractivity contribution is 5.90. The molecule has 7 rings (SSSR count). The molecule has 45 heavy (non-hydrogen) atoms. The predicted molar refractivity (Wildman–Crippen MR) is 160 cm³/mol. The van der Waals surface area contributed by atoms with E-state index >= 15 is 0 Å². The zero-order valence-corrected chi connectivity index (χ0v) is 25.1. The van der Waals surface area contributed by atoms with Gasteiger partial charge < -0.3 is 34.4 Å². The van der Waals surface area contributed by atoms with Gasteiger partial charge in [0.1, 0.15) is 25.1 Å². The number of esters is 1. The largest absolute Gasteiger partial charge is 0.497 e. The third-order valence-corrected chi connectivity index (χ3v) is 9.40. The number of carboxylic acid groups (broad SMARTS) is 1. The second-order valence-corrected chi connectivity index (χ2v) is 11.9. The van der Waals surface area contributed by atoms with Crippen molar-refractivity contribution in [2.75, 3.05) is 13.7 Å². The van der Waals surface area contributed by atoms with Crippen LogP contribution in [0.5, 0.6) is 5.75 Å². The van der Waals surface area contributed by atoms with Crippen molar-refractivity contribution in [2.45, 2.75) is 76.9 Å². The molecule has 0 radical (unpaired) electrons. The van der Waals surface area contributed by atoms with Crippen LogP contribution in [0, 0.1) is 0 Å². The van der Waals surface area contributed by atoms with Gasteiger partial charge in [0.25, 0.3) is 5.56 Å². The van der Waals surface area contributed by atoms with Gasteiger partial charge in [-0.15, -0.1) is 5.53 Å². The van der Waals surface area contributed by atoms with Gasteiger partial charge in [-0.25, -0.2) is 14.6 Å². The van der Waals surface area contributed by atoms with Gasteiger partial charge in [0, 0.05) is 16.5 Å². The highest BCUT2D eigenvalue weighted by Crippen LogP contribution is 2.41. The number of aliphatic hydroxyl groups is 1. The van der Waals surface area contributed by atoms with E-state index < -0.39 is 17.5 Å². The number of nitrogens with zero attached hydrogens (tertiary/aromatic N) is 3. The SMILES string of the molecule is CC[C@@]1(O)C(=O)OCc2c1cc1n(c2=O)Cc2c-1nc1ccc(OC)cc1c2CN1NNC2=C1CCCCCC2OCC(=O)O. The molecule has 0 amide bonds. The molecule has 5 heterocycles. The van der Waals surface area contributed by atoms with Crippen LogP contribution < -0.4 is 21.3 Å². The molecule has 0 saturated heterocycles. The Labute approximate surface area is 258 Å².